The first-order valence-corrected chi connectivity index (χ1v) is 7.13. The third-order valence-corrected chi connectivity index (χ3v) is 4.89. The maximum atomic E-state index is 12.2. The predicted octanol–water partition coefficient (Wildman–Crippen LogP) is 1.48. The molecule has 19 heavy (non-hydrogen) atoms. The lowest BCUT2D eigenvalue weighted by molar-refractivity contribution is 0.0933. The van der Waals surface area contributed by atoms with E-state index >= 15 is 0 Å². The predicted molar refractivity (Wildman–Crippen MR) is 73.6 cm³/mol. The van der Waals surface area contributed by atoms with Gasteiger partial charge in [-0.3, -0.25) is 9.48 Å². The number of aryl methyl sites for hydroxylation is 2. The van der Waals surface area contributed by atoms with Crippen LogP contribution in [-0.2, 0) is 7.05 Å². The van der Waals surface area contributed by atoms with Crippen LogP contribution in [0.25, 0.3) is 0 Å². The summed E-state index contributed by atoms with van der Waals surface area (Å²) in [6, 6.07) is 0. The molecule has 1 heterocycles. The topological polar surface area (TPSA) is 72.9 Å². The molecule has 5 heteroatoms. The van der Waals surface area contributed by atoms with Crippen molar-refractivity contribution in [2.45, 2.75) is 32.6 Å². The van der Waals surface area contributed by atoms with Crippen LogP contribution in [-0.4, -0.2) is 22.2 Å². The van der Waals surface area contributed by atoms with E-state index in [2.05, 4.69) is 10.4 Å². The quantitative estimate of drug-likeness (QED) is 0.866. The first-order valence-electron chi connectivity index (χ1n) is 7.13. The van der Waals surface area contributed by atoms with Gasteiger partial charge in [-0.25, -0.2) is 0 Å². The highest BCUT2D eigenvalue weighted by Crippen LogP contribution is 2.47. The number of amides is 1. The summed E-state index contributed by atoms with van der Waals surface area (Å²) >= 11 is 0. The molecule has 0 radical (unpaired) electrons. The molecule has 3 atom stereocenters. The molecule has 104 valence electrons. The SMILES string of the molecule is Cc1nn(C)c(C(=O)NCC2CC3CCC2C3)c1N. The number of nitrogens with zero attached hydrogens (tertiary/aromatic N) is 2. The van der Waals surface area contributed by atoms with Gasteiger partial charge in [0, 0.05) is 13.6 Å². The molecule has 3 unspecified atom stereocenters. The van der Waals surface area contributed by atoms with E-state index in [1.807, 2.05) is 6.92 Å². The average Bonchev–Trinajstić information content (AvgIpc) is 3.03. The van der Waals surface area contributed by atoms with Crippen LogP contribution in [0.15, 0.2) is 0 Å². The van der Waals surface area contributed by atoms with Gasteiger partial charge in [0.2, 0.25) is 0 Å². The average molecular weight is 262 g/mol. The summed E-state index contributed by atoms with van der Waals surface area (Å²) in [5, 5.41) is 7.22. The third kappa shape index (κ3) is 2.11. The number of nitrogens with one attached hydrogen (secondary N) is 1. The molecule has 1 aromatic heterocycles. The van der Waals surface area contributed by atoms with Crippen molar-refractivity contribution in [1.29, 1.82) is 0 Å². The van der Waals surface area contributed by atoms with Crippen molar-refractivity contribution in [2.75, 3.05) is 12.3 Å². The molecule has 1 aromatic rings. The Morgan fingerprint density at radius 3 is 2.79 bits per heavy atom. The lowest BCUT2D eigenvalue weighted by Gasteiger charge is -2.21. The van der Waals surface area contributed by atoms with Crippen LogP contribution >= 0.6 is 0 Å². The number of anilines is 1. The van der Waals surface area contributed by atoms with E-state index in [1.165, 1.54) is 25.7 Å². The summed E-state index contributed by atoms with van der Waals surface area (Å²) in [6.07, 6.45) is 5.39. The zero-order chi connectivity index (χ0) is 13.6. The van der Waals surface area contributed by atoms with Crippen LogP contribution < -0.4 is 11.1 Å². The molecule has 2 aliphatic rings. The van der Waals surface area contributed by atoms with Crippen molar-refractivity contribution in [3.8, 4) is 0 Å². The molecule has 2 aliphatic carbocycles. The molecule has 5 nitrogen and oxygen atoms in total. The number of hydrogen-bond donors (Lipinski definition) is 2. The summed E-state index contributed by atoms with van der Waals surface area (Å²) in [4.78, 5) is 12.2. The Morgan fingerprint density at radius 2 is 2.26 bits per heavy atom. The van der Waals surface area contributed by atoms with Crippen molar-refractivity contribution >= 4 is 11.6 Å². The second-order valence-corrected chi connectivity index (χ2v) is 6.12. The van der Waals surface area contributed by atoms with Gasteiger partial charge in [-0.2, -0.15) is 5.10 Å². The second kappa shape index (κ2) is 4.54. The zero-order valence-electron chi connectivity index (χ0n) is 11.6. The van der Waals surface area contributed by atoms with Gasteiger partial charge in [0.15, 0.2) is 0 Å². The van der Waals surface area contributed by atoms with Crippen molar-refractivity contribution in [1.82, 2.24) is 15.1 Å². The molecule has 2 saturated carbocycles. The van der Waals surface area contributed by atoms with Gasteiger partial charge in [0.05, 0.1) is 11.4 Å². The first-order chi connectivity index (χ1) is 9.06. The van der Waals surface area contributed by atoms with Gasteiger partial charge in [-0.05, 0) is 43.9 Å². The molecule has 0 aliphatic heterocycles. The van der Waals surface area contributed by atoms with Crippen LogP contribution in [0.1, 0.15) is 41.9 Å². The minimum atomic E-state index is -0.0941. The monoisotopic (exact) mass is 262 g/mol. The van der Waals surface area contributed by atoms with E-state index < -0.39 is 0 Å². The van der Waals surface area contributed by atoms with E-state index in [1.54, 1.807) is 11.7 Å². The standard InChI is InChI=1S/C14H22N4O/c1-8-12(15)13(18(2)17-8)14(19)16-7-11-6-9-3-4-10(11)5-9/h9-11H,3-7,15H2,1-2H3,(H,16,19). The summed E-state index contributed by atoms with van der Waals surface area (Å²) in [7, 11) is 1.76. The Hall–Kier alpha value is -1.52. The van der Waals surface area contributed by atoms with E-state index in [0.717, 1.165) is 18.4 Å². The summed E-state index contributed by atoms with van der Waals surface area (Å²) in [5.74, 6) is 2.31. The molecule has 2 bridgehead atoms. The number of aromatic nitrogens is 2. The Morgan fingerprint density at radius 1 is 1.47 bits per heavy atom. The fourth-order valence-electron chi connectivity index (χ4n) is 3.88. The number of carbonyl (C=O) groups is 1. The Kier molecular flexibility index (Phi) is 2.99. The van der Waals surface area contributed by atoms with Crippen LogP contribution in [0.5, 0.6) is 0 Å². The van der Waals surface area contributed by atoms with E-state index in [4.69, 9.17) is 5.73 Å². The van der Waals surface area contributed by atoms with Gasteiger partial charge in [-0.15, -0.1) is 0 Å². The highest BCUT2D eigenvalue weighted by molar-refractivity contribution is 5.97. The summed E-state index contributed by atoms with van der Waals surface area (Å²) < 4.78 is 1.57. The van der Waals surface area contributed by atoms with Gasteiger partial charge in [0.25, 0.3) is 5.91 Å². The lowest BCUT2D eigenvalue weighted by Crippen LogP contribution is -2.33. The van der Waals surface area contributed by atoms with E-state index in [-0.39, 0.29) is 5.91 Å². The van der Waals surface area contributed by atoms with E-state index in [0.29, 0.717) is 23.0 Å². The molecule has 3 N–H and O–H groups in total. The van der Waals surface area contributed by atoms with Crippen LogP contribution in [0.4, 0.5) is 5.69 Å². The highest BCUT2D eigenvalue weighted by Gasteiger charge is 2.39. The Labute approximate surface area is 113 Å². The van der Waals surface area contributed by atoms with Gasteiger partial charge >= 0.3 is 0 Å². The molecule has 0 aromatic carbocycles. The minimum Gasteiger partial charge on any atom is -0.395 e. The van der Waals surface area contributed by atoms with Gasteiger partial charge in [0.1, 0.15) is 5.69 Å². The zero-order valence-corrected chi connectivity index (χ0v) is 11.6. The Bertz CT molecular complexity index is 508. The minimum absolute atomic E-state index is 0.0941. The van der Waals surface area contributed by atoms with Crippen molar-refractivity contribution in [3.05, 3.63) is 11.4 Å². The van der Waals surface area contributed by atoms with Crippen LogP contribution in [0.3, 0.4) is 0 Å². The van der Waals surface area contributed by atoms with E-state index in [9.17, 15) is 4.79 Å². The van der Waals surface area contributed by atoms with Crippen molar-refractivity contribution < 1.29 is 4.79 Å². The summed E-state index contributed by atoms with van der Waals surface area (Å²) in [5.41, 5.74) is 7.60. The lowest BCUT2D eigenvalue weighted by atomic mass is 9.89. The number of fused-ring (bicyclic) bond motifs is 2. The smallest absolute Gasteiger partial charge is 0.271 e. The summed E-state index contributed by atoms with van der Waals surface area (Å²) in [6.45, 7) is 2.60. The van der Waals surface area contributed by atoms with Crippen LogP contribution in [0.2, 0.25) is 0 Å². The molecular weight excluding hydrogens is 240 g/mol. The van der Waals surface area contributed by atoms with Crippen molar-refractivity contribution in [2.24, 2.45) is 24.8 Å². The van der Waals surface area contributed by atoms with Crippen LogP contribution in [0, 0.1) is 24.7 Å². The maximum Gasteiger partial charge on any atom is 0.271 e. The van der Waals surface area contributed by atoms with Gasteiger partial charge < -0.3 is 11.1 Å². The molecule has 2 fully saturated rings. The number of carbonyl (C=O) groups excluding carboxylic acids is 1. The fourth-order valence-corrected chi connectivity index (χ4v) is 3.88. The number of hydrogen-bond acceptors (Lipinski definition) is 3. The molecule has 0 spiro atoms. The normalized spacial score (nSPS) is 28.8. The third-order valence-electron chi connectivity index (χ3n) is 4.89. The molecule has 0 saturated heterocycles. The molecule has 3 rings (SSSR count). The number of nitrogens with two attached hydrogens (primary N) is 1. The van der Waals surface area contributed by atoms with Crippen molar-refractivity contribution in [3.63, 3.8) is 0 Å². The highest BCUT2D eigenvalue weighted by atomic mass is 16.2. The number of nitrogen functional groups attached to an aromatic ring is 1. The first kappa shape index (κ1) is 12.5. The maximum absolute atomic E-state index is 12.2. The van der Waals surface area contributed by atoms with Gasteiger partial charge in [-0.1, -0.05) is 6.42 Å². The Balaban J connectivity index is 1.62. The molecular formula is C14H22N4O. The second-order valence-electron chi connectivity index (χ2n) is 6.12. The number of rotatable bonds is 3. The fraction of sp³-hybridized carbons (Fsp3) is 0.714. The largest absolute Gasteiger partial charge is 0.395 e. The molecule has 1 amide bonds.